The largest absolute Gasteiger partial charge is 0.370 e. The topological polar surface area (TPSA) is 47.3 Å². The lowest BCUT2D eigenvalue weighted by Crippen LogP contribution is -2.27. The molecule has 4 heteroatoms. The molecule has 0 aliphatic rings. The zero-order chi connectivity index (χ0) is 7.28. The van der Waals surface area contributed by atoms with Gasteiger partial charge in [0.25, 0.3) is 0 Å². The number of nitrogens with one attached hydrogen (secondary N) is 1. The molecule has 3 nitrogen and oxygen atoms in total. The van der Waals surface area contributed by atoms with Crippen LogP contribution in [0.1, 0.15) is 0 Å². The summed E-state index contributed by atoms with van der Waals surface area (Å²) in [7, 11) is 1.58. The van der Waals surface area contributed by atoms with Crippen LogP contribution in [0.15, 0.2) is 11.6 Å². The van der Waals surface area contributed by atoms with E-state index in [9.17, 15) is 0 Å². The molecule has 0 aliphatic heterocycles. The van der Waals surface area contributed by atoms with E-state index in [2.05, 4.69) is 0 Å². The molecular weight excluding hydrogens is 140 g/mol. The number of nitrogens with zero attached hydrogens (tertiary/aromatic N) is 1. The van der Waals surface area contributed by atoms with Gasteiger partial charge in [-0.05, 0) is 6.08 Å². The fourth-order valence-corrected chi connectivity index (χ4v) is 0.407. The van der Waals surface area contributed by atoms with Gasteiger partial charge in [0.15, 0.2) is 0 Å². The normalized spacial score (nSPS) is 13.7. The summed E-state index contributed by atoms with van der Waals surface area (Å²) < 4.78 is 0. The van der Waals surface area contributed by atoms with Crippen LogP contribution in [0.2, 0.25) is 0 Å². The molecule has 0 radical (unpaired) electrons. The fourth-order valence-electron chi connectivity index (χ4n) is 0.277. The van der Waals surface area contributed by atoms with Gasteiger partial charge in [-0.3, -0.25) is 5.41 Å². The third kappa shape index (κ3) is 3.11. The lowest BCUT2D eigenvalue weighted by Gasteiger charge is -2.15. The van der Waals surface area contributed by atoms with Crippen LogP contribution in [0.5, 0.6) is 0 Å². The predicted molar refractivity (Wildman–Crippen MR) is 37.5 cm³/mol. The summed E-state index contributed by atoms with van der Waals surface area (Å²) in [5.74, 6) is 0. The quantitative estimate of drug-likeness (QED) is 0.350. The molecule has 0 spiro atoms. The van der Waals surface area contributed by atoms with Gasteiger partial charge in [0, 0.05) is 12.6 Å². The van der Waals surface area contributed by atoms with Crippen LogP contribution in [0.3, 0.4) is 0 Å². The van der Waals surface area contributed by atoms with Crippen molar-refractivity contribution in [2.75, 3.05) is 7.05 Å². The number of hydrogen-bond donors (Lipinski definition) is 2. The molecule has 0 aromatic rings. The van der Waals surface area contributed by atoms with Crippen molar-refractivity contribution in [3.05, 3.63) is 11.6 Å². The Morgan fingerprint density at radius 2 is 2.33 bits per heavy atom. The van der Waals surface area contributed by atoms with Crippen LogP contribution in [0.25, 0.3) is 0 Å². The highest BCUT2D eigenvalue weighted by molar-refractivity contribution is 6.25. The first-order valence-electron chi connectivity index (χ1n) is 2.40. The van der Waals surface area contributed by atoms with Crippen molar-refractivity contribution in [3.63, 3.8) is 0 Å². The molecule has 1 atom stereocenters. The first-order chi connectivity index (χ1) is 4.22. The molecule has 52 valence electrons. The van der Waals surface area contributed by atoms with E-state index in [1.165, 1.54) is 16.5 Å². The number of likely N-dealkylation sites (N-methyl/N-ethyl adjacent to an activating group) is 1. The summed E-state index contributed by atoms with van der Waals surface area (Å²) in [6.07, 6.45) is 1.59. The van der Waals surface area contributed by atoms with Crippen molar-refractivity contribution in [1.82, 2.24) is 4.90 Å². The van der Waals surface area contributed by atoms with Crippen molar-refractivity contribution in [1.29, 1.82) is 5.41 Å². The minimum atomic E-state index is -0.792. The monoisotopic (exact) mass is 148 g/mol. The van der Waals surface area contributed by atoms with Gasteiger partial charge < -0.3 is 10.0 Å². The average Bonchev–Trinajstić information content (AvgIpc) is 1.87. The number of hydrogen-bond acceptors (Lipinski definition) is 2. The van der Waals surface area contributed by atoms with E-state index in [1.807, 2.05) is 0 Å². The second-order valence-corrected chi connectivity index (χ2v) is 1.78. The molecule has 1 unspecified atom stereocenters. The summed E-state index contributed by atoms with van der Waals surface area (Å²) in [6, 6.07) is 0. The zero-order valence-electron chi connectivity index (χ0n) is 5.08. The van der Waals surface area contributed by atoms with Gasteiger partial charge in [0.05, 0.1) is 6.34 Å². The molecule has 0 amide bonds. The van der Waals surface area contributed by atoms with Crippen LogP contribution >= 0.6 is 11.6 Å². The van der Waals surface area contributed by atoms with Crippen LogP contribution in [-0.4, -0.2) is 29.6 Å². The fraction of sp³-hybridized carbons (Fsp3) is 0.400. The lowest BCUT2D eigenvalue weighted by atomic mass is 10.5. The van der Waals surface area contributed by atoms with E-state index in [-0.39, 0.29) is 0 Å². The Kier molecular flexibility index (Phi) is 4.09. The van der Waals surface area contributed by atoms with Crippen molar-refractivity contribution in [3.8, 4) is 0 Å². The Balaban J connectivity index is 3.71. The lowest BCUT2D eigenvalue weighted by molar-refractivity contribution is 0.118. The number of halogens is 1. The van der Waals surface area contributed by atoms with Crippen LogP contribution in [-0.2, 0) is 0 Å². The minimum absolute atomic E-state index is 0.792. The average molecular weight is 149 g/mol. The van der Waals surface area contributed by atoms with Crippen molar-refractivity contribution < 1.29 is 5.11 Å². The number of rotatable bonds is 3. The Morgan fingerprint density at radius 3 is 2.67 bits per heavy atom. The molecule has 0 rings (SSSR count). The summed E-state index contributed by atoms with van der Waals surface area (Å²) in [6.45, 7) is 0. The maximum Gasteiger partial charge on any atom is 0.147 e. The molecular formula is C5H9ClN2O. The molecule has 0 aromatic heterocycles. The molecule has 9 heavy (non-hydrogen) atoms. The predicted octanol–water partition coefficient (Wildman–Crippen LogP) is 0.596. The summed E-state index contributed by atoms with van der Waals surface area (Å²) in [5.41, 5.74) is 1.21. The van der Waals surface area contributed by atoms with E-state index < -0.39 is 6.23 Å². The van der Waals surface area contributed by atoms with Crippen LogP contribution in [0, 0.1) is 5.41 Å². The first-order valence-corrected chi connectivity index (χ1v) is 2.83. The second kappa shape index (κ2) is 4.35. The highest BCUT2D eigenvalue weighted by Crippen LogP contribution is 1.91. The van der Waals surface area contributed by atoms with E-state index in [0.29, 0.717) is 0 Å². The molecule has 0 heterocycles. The molecule has 0 saturated heterocycles. The van der Waals surface area contributed by atoms with Gasteiger partial charge in [-0.25, -0.2) is 0 Å². The SMILES string of the molecule is CN(C=N)C(O)/C=C/Cl. The third-order valence-corrected chi connectivity index (χ3v) is 1.01. The Hall–Kier alpha value is -0.540. The van der Waals surface area contributed by atoms with Gasteiger partial charge >= 0.3 is 0 Å². The first kappa shape index (κ1) is 8.46. The third-order valence-electron chi connectivity index (χ3n) is 0.866. The standard InChI is InChI=1S/C5H9ClN2O/c1-8(4-7)5(9)2-3-6/h2-5,7,9H,1H3/b3-2+,7-4?. The van der Waals surface area contributed by atoms with Gasteiger partial charge in [-0.2, -0.15) is 0 Å². The van der Waals surface area contributed by atoms with Gasteiger partial charge in [0.2, 0.25) is 0 Å². The maximum atomic E-state index is 8.92. The van der Waals surface area contributed by atoms with Crippen molar-refractivity contribution in [2.24, 2.45) is 0 Å². The molecule has 2 N–H and O–H groups in total. The number of aliphatic hydroxyl groups excluding tert-OH is 1. The van der Waals surface area contributed by atoms with Gasteiger partial charge in [-0.1, -0.05) is 11.6 Å². The molecule has 0 bridgehead atoms. The van der Waals surface area contributed by atoms with Gasteiger partial charge in [0.1, 0.15) is 6.23 Å². The van der Waals surface area contributed by atoms with E-state index in [0.717, 1.165) is 6.34 Å². The zero-order valence-corrected chi connectivity index (χ0v) is 5.84. The van der Waals surface area contributed by atoms with E-state index in [4.69, 9.17) is 22.1 Å². The highest BCUT2D eigenvalue weighted by atomic mass is 35.5. The minimum Gasteiger partial charge on any atom is -0.370 e. The second-order valence-electron chi connectivity index (χ2n) is 1.53. The Bertz CT molecular complexity index is 116. The molecule has 0 fully saturated rings. The van der Waals surface area contributed by atoms with Crippen LogP contribution in [0.4, 0.5) is 0 Å². The maximum absolute atomic E-state index is 8.92. The van der Waals surface area contributed by atoms with Gasteiger partial charge in [-0.15, -0.1) is 0 Å². The molecule has 0 aromatic carbocycles. The smallest absolute Gasteiger partial charge is 0.147 e. The molecule has 0 aliphatic carbocycles. The molecule has 0 saturated carbocycles. The summed E-state index contributed by atoms with van der Waals surface area (Å²) in [5, 5.41) is 15.6. The summed E-state index contributed by atoms with van der Waals surface area (Å²) >= 11 is 5.16. The highest BCUT2D eigenvalue weighted by Gasteiger charge is 1.99. The van der Waals surface area contributed by atoms with E-state index >= 15 is 0 Å². The van der Waals surface area contributed by atoms with Crippen LogP contribution < -0.4 is 0 Å². The van der Waals surface area contributed by atoms with Crippen molar-refractivity contribution in [2.45, 2.75) is 6.23 Å². The Labute approximate surface area is 59.1 Å². The Morgan fingerprint density at radius 1 is 1.78 bits per heavy atom. The van der Waals surface area contributed by atoms with Crippen molar-refractivity contribution >= 4 is 17.9 Å². The number of aliphatic hydroxyl groups is 1. The summed E-state index contributed by atoms with van der Waals surface area (Å²) in [4.78, 5) is 1.30. The van der Waals surface area contributed by atoms with E-state index in [1.54, 1.807) is 7.05 Å².